The van der Waals surface area contributed by atoms with E-state index in [-0.39, 0.29) is 0 Å². The van der Waals surface area contributed by atoms with E-state index in [4.69, 9.17) is 0 Å². The Balaban J connectivity index is 1.37. The zero-order valence-electron chi connectivity index (χ0n) is 22.5. The highest BCUT2D eigenvalue weighted by atomic mass is 14.1. The van der Waals surface area contributed by atoms with Crippen LogP contribution in [-0.2, 0) is 6.42 Å². The third-order valence-corrected chi connectivity index (χ3v) is 8.14. The Morgan fingerprint density at radius 2 is 1.03 bits per heavy atom. The summed E-state index contributed by atoms with van der Waals surface area (Å²) in [5.41, 5.74) is 3.76. The van der Waals surface area contributed by atoms with Crippen molar-refractivity contribution in [2.45, 2.75) is 71.1 Å². The zero-order chi connectivity index (χ0) is 25.6. The van der Waals surface area contributed by atoms with Gasteiger partial charge in [-0.2, -0.15) is 0 Å². The van der Waals surface area contributed by atoms with Gasteiger partial charge in [0.2, 0.25) is 0 Å². The topological polar surface area (TPSA) is 0 Å². The van der Waals surface area contributed by atoms with Crippen molar-refractivity contribution in [2.75, 3.05) is 0 Å². The van der Waals surface area contributed by atoms with Crippen LogP contribution in [0.3, 0.4) is 0 Å². The second kappa shape index (κ2) is 11.8. The van der Waals surface area contributed by atoms with Crippen molar-refractivity contribution in [3.05, 3.63) is 96.6 Å². The maximum absolute atomic E-state index is 4.06. The van der Waals surface area contributed by atoms with Crippen LogP contribution in [0, 0.1) is 0 Å². The van der Waals surface area contributed by atoms with Crippen molar-refractivity contribution in [3.8, 4) is 0 Å². The van der Waals surface area contributed by atoms with Crippen molar-refractivity contribution >= 4 is 55.2 Å². The van der Waals surface area contributed by atoms with E-state index in [2.05, 4.69) is 86.8 Å². The lowest BCUT2D eigenvalue weighted by Crippen LogP contribution is -1.89. The number of rotatable bonds is 12. The predicted octanol–water partition coefficient (Wildman–Crippen LogP) is 11.7. The molecule has 0 aliphatic heterocycles. The number of aryl methyl sites for hydroxylation is 1. The first kappa shape index (κ1) is 25.3. The van der Waals surface area contributed by atoms with Crippen LogP contribution in [-0.4, -0.2) is 0 Å². The van der Waals surface area contributed by atoms with Gasteiger partial charge in [-0.25, -0.2) is 0 Å². The Labute approximate surface area is 222 Å². The van der Waals surface area contributed by atoms with Gasteiger partial charge in [0.05, 0.1) is 0 Å². The number of benzene rings is 5. The summed E-state index contributed by atoms with van der Waals surface area (Å²) >= 11 is 0. The van der Waals surface area contributed by atoms with Gasteiger partial charge in [-0.3, -0.25) is 0 Å². The smallest absolute Gasteiger partial charge is 0.00987 e. The van der Waals surface area contributed by atoms with Gasteiger partial charge in [0.1, 0.15) is 0 Å². The van der Waals surface area contributed by atoms with E-state index in [1.807, 2.05) is 12.2 Å². The Bertz CT molecular complexity index is 1570. The molecule has 0 radical (unpaired) electrons. The molecule has 0 bridgehead atoms. The molecule has 0 aliphatic carbocycles. The van der Waals surface area contributed by atoms with Gasteiger partial charge < -0.3 is 0 Å². The Morgan fingerprint density at radius 3 is 1.68 bits per heavy atom. The van der Waals surface area contributed by atoms with Crippen LogP contribution in [0.5, 0.6) is 0 Å². The molecule has 0 amide bonds. The van der Waals surface area contributed by atoms with Crippen molar-refractivity contribution in [1.82, 2.24) is 0 Å². The third kappa shape index (κ3) is 5.21. The number of hydrogen-bond donors (Lipinski definition) is 0. The van der Waals surface area contributed by atoms with Gasteiger partial charge in [-0.15, -0.1) is 0 Å². The quantitative estimate of drug-likeness (QED) is 0.122. The molecule has 5 rings (SSSR count). The second-order valence-corrected chi connectivity index (χ2v) is 10.6. The van der Waals surface area contributed by atoms with Gasteiger partial charge >= 0.3 is 0 Å². The van der Waals surface area contributed by atoms with Crippen LogP contribution in [0.2, 0.25) is 0 Å². The van der Waals surface area contributed by atoms with E-state index < -0.39 is 0 Å². The fourth-order valence-electron chi connectivity index (χ4n) is 6.07. The standard InChI is InChI=1S/C37H40/c1-4-7-8-9-10-11-12-13-14-15-27-16-19-31-29(26-27)18-21-35-33(31)23-25-36-34-20-17-28(5-2)30(6-3)32(34)22-24-37(35)36/h5-6,16-26H,2-4,7-15H2,1H3. The molecule has 188 valence electrons. The van der Waals surface area contributed by atoms with Crippen molar-refractivity contribution in [1.29, 1.82) is 0 Å². The third-order valence-electron chi connectivity index (χ3n) is 8.14. The van der Waals surface area contributed by atoms with Gasteiger partial charge in [0, 0.05) is 0 Å². The Kier molecular flexibility index (Phi) is 8.05. The van der Waals surface area contributed by atoms with Gasteiger partial charge in [-0.05, 0) is 72.6 Å². The zero-order valence-corrected chi connectivity index (χ0v) is 22.5. The molecule has 0 N–H and O–H groups in total. The van der Waals surface area contributed by atoms with Crippen molar-refractivity contribution in [3.63, 3.8) is 0 Å². The summed E-state index contributed by atoms with van der Waals surface area (Å²) in [4.78, 5) is 0. The lowest BCUT2D eigenvalue weighted by molar-refractivity contribution is 0.565. The summed E-state index contributed by atoms with van der Waals surface area (Å²) in [6, 6.07) is 25.3. The van der Waals surface area contributed by atoms with Crippen LogP contribution in [0.15, 0.2) is 79.9 Å². The van der Waals surface area contributed by atoms with Crippen LogP contribution in [0.4, 0.5) is 0 Å². The van der Waals surface area contributed by atoms with E-state index in [1.54, 1.807) is 0 Å². The highest BCUT2D eigenvalue weighted by Gasteiger charge is 2.10. The highest BCUT2D eigenvalue weighted by molar-refractivity contribution is 6.22. The molecule has 0 heterocycles. The van der Waals surface area contributed by atoms with E-state index >= 15 is 0 Å². The average Bonchev–Trinajstić information content (AvgIpc) is 2.94. The van der Waals surface area contributed by atoms with E-state index in [1.165, 1.54) is 113 Å². The minimum Gasteiger partial charge on any atom is -0.0984 e. The van der Waals surface area contributed by atoms with Crippen LogP contribution in [0.25, 0.3) is 55.2 Å². The Morgan fingerprint density at radius 1 is 0.514 bits per heavy atom. The fourth-order valence-corrected chi connectivity index (χ4v) is 6.07. The molecule has 0 saturated heterocycles. The first-order valence-electron chi connectivity index (χ1n) is 14.3. The maximum Gasteiger partial charge on any atom is -0.00987 e. The molecule has 0 spiro atoms. The lowest BCUT2D eigenvalue weighted by atomic mass is 9.91. The van der Waals surface area contributed by atoms with Gasteiger partial charge in [0.25, 0.3) is 0 Å². The Hall–Kier alpha value is -3.38. The largest absolute Gasteiger partial charge is 0.0984 e. The molecule has 0 saturated carbocycles. The maximum atomic E-state index is 4.06. The monoisotopic (exact) mass is 484 g/mol. The first-order valence-corrected chi connectivity index (χ1v) is 14.3. The number of unbranched alkanes of at least 4 members (excludes halogenated alkanes) is 8. The molecule has 5 aromatic rings. The van der Waals surface area contributed by atoms with Gasteiger partial charge in [-0.1, -0.05) is 150 Å². The summed E-state index contributed by atoms with van der Waals surface area (Å²) in [6.07, 6.45) is 17.5. The van der Waals surface area contributed by atoms with E-state index in [0.717, 1.165) is 11.1 Å². The summed E-state index contributed by atoms with van der Waals surface area (Å²) in [5, 5.41) is 10.5. The molecule has 0 heteroatoms. The van der Waals surface area contributed by atoms with Crippen LogP contribution < -0.4 is 0 Å². The molecule has 0 aliphatic rings. The lowest BCUT2D eigenvalue weighted by Gasteiger charge is -2.13. The van der Waals surface area contributed by atoms with Crippen molar-refractivity contribution in [2.24, 2.45) is 0 Å². The number of fused-ring (bicyclic) bond motifs is 7. The molecule has 0 fully saturated rings. The first-order chi connectivity index (χ1) is 18.2. The summed E-state index contributed by atoms with van der Waals surface area (Å²) < 4.78 is 0. The molecule has 0 unspecified atom stereocenters. The molecular formula is C37H40. The van der Waals surface area contributed by atoms with Crippen LogP contribution >= 0.6 is 0 Å². The predicted molar refractivity (Wildman–Crippen MR) is 168 cm³/mol. The van der Waals surface area contributed by atoms with Gasteiger partial charge in [0.15, 0.2) is 0 Å². The van der Waals surface area contributed by atoms with Crippen molar-refractivity contribution < 1.29 is 0 Å². The second-order valence-electron chi connectivity index (χ2n) is 10.6. The number of hydrogen-bond acceptors (Lipinski definition) is 0. The minimum atomic E-state index is 1.13. The minimum absolute atomic E-state index is 1.13. The molecule has 37 heavy (non-hydrogen) atoms. The van der Waals surface area contributed by atoms with E-state index in [0.29, 0.717) is 0 Å². The summed E-state index contributed by atoms with van der Waals surface area (Å²) in [7, 11) is 0. The summed E-state index contributed by atoms with van der Waals surface area (Å²) in [5.74, 6) is 0. The molecule has 0 atom stereocenters. The highest BCUT2D eigenvalue weighted by Crippen LogP contribution is 2.37. The molecule has 5 aromatic carbocycles. The average molecular weight is 485 g/mol. The van der Waals surface area contributed by atoms with E-state index in [9.17, 15) is 0 Å². The normalized spacial score (nSPS) is 11.6. The molecular weight excluding hydrogens is 444 g/mol. The summed E-state index contributed by atoms with van der Waals surface area (Å²) in [6.45, 7) is 10.3. The van der Waals surface area contributed by atoms with Crippen LogP contribution in [0.1, 0.15) is 81.4 Å². The SMILES string of the molecule is C=Cc1ccc2c(ccc3c2ccc2c4ccc(CCCCCCCCCCC)cc4ccc23)c1C=C. The molecule has 0 nitrogen and oxygen atoms in total. The fraction of sp³-hybridized carbons (Fsp3) is 0.297. The molecule has 0 aromatic heterocycles.